The van der Waals surface area contributed by atoms with Crippen molar-refractivity contribution in [2.24, 2.45) is 5.41 Å². The van der Waals surface area contributed by atoms with Crippen LogP contribution in [0.2, 0.25) is 0 Å². The molecule has 176 valence electrons. The topological polar surface area (TPSA) is 94.2 Å². The van der Waals surface area contributed by atoms with Gasteiger partial charge in [0.1, 0.15) is 5.60 Å². The van der Waals surface area contributed by atoms with E-state index in [2.05, 4.69) is 5.32 Å². The Kier molecular flexibility index (Phi) is 6.83. The highest BCUT2D eigenvalue weighted by atomic mass is 16.6. The quantitative estimate of drug-likeness (QED) is 0.533. The number of alkyl carbamates (subject to hydrolysis) is 1. The molecule has 2 saturated heterocycles. The molecule has 2 aliphatic rings. The number of benzene rings is 1. The number of rotatable bonds is 6. The van der Waals surface area contributed by atoms with E-state index in [1.54, 1.807) is 25.7 Å². The maximum Gasteiger partial charge on any atom is 0.408 e. The minimum Gasteiger partial charge on any atom is -0.468 e. The minimum absolute atomic E-state index is 0.0920. The molecule has 3 atom stereocenters. The second-order valence-corrected chi connectivity index (χ2v) is 9.49. The van der Waals surface area contributed by atoms with Crippen molar-refractivity contribution in [3.63, 3.8) is 0 Å². The number of nitrogens with zero attached hydrogens (tertiary/aromatic N) is 1. The second kappa shape index (κ2) is 9.10. The molecule has 0 unspecified atom stereocenters. The molecule has 1 aromatic rings. The summed E-state index contributed by atoms with van der Waals surface area (Å²) in [4.78, 5) is 41.2. The van der Waals surface area contributed by atoms with Crippen molar-refractivity contribution < 1.29 is 28.6 Å². The Hall–Kier alpha value is -2.61. The summed E-state index contributed by atoms with van der Waals surface area (Å²) >= 11 is 0. The summed E-state index contributed by atoms with van der Waals surface area (Å²) < 4.78 is 16.8. The number of ether oxygens (including phenoxy) is 3. The van der Waals surface area contributed by atoms with Crippen LogP contribution in [0, 0.1) is 5.41 Å². The normalized spacial score (nSPS) is 27.6. The molecular weight excluding hydrogens is 412 g/mol. The van der Waals surface area contributed by atoms with Crippen LogP contribution in [-0.2, 0) is 30.2 Å². The lowest BCUT2D eigenvalue weighted by Crippen LogP contribution is -2.64. The van der Waals surface area contributed by atoms with Gasteiger partial charge in [-0.05, 0) is 52.5 Å². The van der Waals surface area contributed by atoms with Crippen molar-refractivity contribution >= 4 is 18.0 Å². The SMILES string of the molecule is CCO[C@@]12C[C@](Cc3ccccc3)(C(=O)OC)C(=O)N1CCC[C@@H]2NC(=O)OC(C)(C)C. The van der Waals surface area contributed by atoms with Crippen LogP contribution in [0.4, 0.5) is 4.79 Å². The van der Waals surface area contributed by atoms with E-state index in [-0.39, 0.29) is 18.7 Å². The zero-order valence-electron chi connectivity index (χ0n) is 19.6. The smallest absolute Gasteiger partial charge is 0.408 e. The van der Waals surface area contributed by atoms with Crippen molar-refractivity contribution in [2.75, 3.05) is 20.3 Å². The Morgan fingerprint density at radius 3 is 2.50 bits per heavy atom. The maximum atomic E-state index is 13.8. The Balaban J connectivity index is 2.01. The summed E-state index contributed by atoms with van der Waals surface area (Å²) in [7, 11) is 1.30. The van der Waals surface area contributed by atoms with Gasteiger partial charge in [-0.2, -0.15) is 0 Å². The van der Waals surface area contributed by atoms with Gasteiger partial charge in [0.05, 0.1) is 13.2 Å². The lowest BCUT2D eigenvalue weighted by Gasteiger charge is -2.47. The third-order valence-electron chi connectivity index (χ3n) is 6.10. The molecule has 32 heavy (non-hydrogen) atoms. The first-order valence-corrected chi connectivity index (χ1v) is 11.2. The van der Waals surface area contributed by atoms with Crippen LogP contribution in [0.25, 0.3) is 0 Å². The van der Waals surface area contributed by atoms with E-state index in [9.17, 15) is 14.4 Å². The largest absolute Gasteiger partial charge is 0.468 e. The average Bonchev–Trinajstić information content (AvgIpc) is 2.97. The lowest BCUT2D eigenvalue weighted by atomic mass is 9.76. The van der Waals surface area contributed by atoms with Gasteiger partial charge < -0.3 is 24.4 Å². The van der Waals surface area contributed by atoms with E-state index in [1.807, 2.05) is 37.3 Å². The molecular formula is C24H34N2O6. The molecule has 2 heterocycles. The van der Waals surface area contributed by atoms with Crippen LogP contribution >= 0.6 is 0 Å². The second-order valence-electron chi connectivity index (χ2n) is 9.49. The number of methoxy groups -OCH3 is 1. The molecule has 8 nitrogen and oxygen atoms in total. The van der Waals surface area contributed by atoms with Gasteiger partial charge in [-0.1, -0.05) is 30.3 Å². The Labute approximate surface area is 189 Å². The van der Waals surface area contributed by atoms with E-state index in [1.165, 1.54) is 7.11 Å². The van der Waals surface area contributed by atoms with Crippen LogP contribution < -0.4 is 5.32 Å². The number of carbonyl (C=O) groups excluding carboxylic acids is 3. The van der Waals surface area contributed by atoms with Gasteiger partial charge in [-0.3, -0.25) is 9.59 Å². The van der Waals surface area contributed by atoms with Gasteiger partial charge in [0, 0.05) is 19.6 Å². The summed E-state index contributed by atoms with van der Waals surface area (Å²) in [5.41, 5.74) is -2.38. The number of piperidine rings is 1. The zero-order chi connectivity index (χ0) is 23.6. The van der Waals surface area contributed by atoms with Gasteiger partial charge in [0.25, 0.3) is 0 Å². The lowest BCUT2D eigenvalue weighted by molar-refractivity contribution is -0.179. The molecule has 8 heteroatoms. The molecule has 0 radical (unpaired) electrons. The standard InChI is InChI=1S/C24H34N2O6/c1-6-31-24-16-23(20(28)30-5,15-17-11-8-7-9-12-17)19(27)26(24)14-10-13-18(24)25-21(29)32-22(2,3)4/h7-9,11-12,18H,6,10,13-16H2,1-5H3,(H,25,29)/t18-,23-,24+/m0/s1. The van der Waals surface area contributed by atoms with Gasteiger partial charge in [0.15, 0.2) is 11.1 Å². The highest BCUT2D eigenvalue weighted by Gasteiger charge is 2.67. The number of carbonyl (C=O) groups is 3. The fourth-order valence-corrected chi connectivity index (χ4v) is 4.94. The number of nitrogens with one attached hydrogen (secondary N) is 1. The molecule has 0 aromatic heterocycles. The van der Waals surface area contributed by atoms with Crippen molar-refractivity contribution in [3.05, 3.63) is 35.9 Å². The van der Waals surface area contributed by atoms with Crippen molar-refractivity contribution in [2.45, 2.75) is 70.7 Å². The maximum absolute atomic E-state index is 13.8. The van der Waals surface area contributed by atoms with Crippen LogP contribution in [0.3, 0.4) is 0 Å². The number of hydrogen-bond acceptors (Lipinski definition) is 6. The number of esters is 1. The third kappa shape index (κ3) is 4.46. The van der Waals surface area contributed by atoms with Crippen molar-refractivity contribution in [1.29, 1.82) is 0 Å². The first-order valence-electron chi connectivity index (χ1n) is 11.2. The summed E-state index contributed by atoms with van der Waals surface area (Å²) in [6.45, 7) is 7.97. The molecule has 0 spiro atoms. The molecule has 1 aromatic carbocycles. The predicted octanol–water partition coefficient (Wildman–Crippen LogP) is 3.04. The number of fused-ring (bicyclic) bond motifs is 1. The van der Waals surface area contributed by atoms with E-state index in [0.29, 0.717) is 26.0 Å². The Bertz CT molecular complexity index is 852. The third-order valence-corrected chi connectivity index (χ3v) is 6.10. The highest BCUT2D eigenvalue weighted by Crippen LogP contribution is 2.50. The average molecular weight is 447 g/mol. The van der Waals surface area contributed by atoms with Gasteiger partial charge >= 0.3 is 12.1 Å². The summed E-state index contributed by atoms with van der Waals surface area (Å²) in [5, 5.41) is 2.92. The molecule has 3 rings (SSSR count). The minimum atomic E-state index is -1.43. The molecule has 2 amide bonds. The van der Waals surface area contributed by atoms with Gasteiger partial charge in [-0.25, -0.2) is 4.79 Å². The molecule has 0 bridgehead atoms. The first-order chi connectivity index (χ1) is 15.1. The summed E-state index contributed by atoms with van der Waals surface area (Å²) in [6, 6.07) is 8.89. The van der Waals surface area contributed by atoms with E-state index in [4.69, 9.17) is 14.2 Å². The monoisotopic (exact) mass is 446 g/mol. The Morgan fingerprint density at radius 2 is 1.91 bits per heavy atom. The summed E-state index contributed by atoms with van der Waals surface area (Å²) in [5.74, 6) is -0.909. The fourth-order valence-electron chi connectivity index (χ4n) is 4.94. The fraction of sp³-hybridized carbons (Fsp3) is 0.625. The first kappa shape index (κ1) is 24.0. The Morgan fingerprint density at radius 1 is 1.22 bits per heavy atom. The molecule has 2 fully saturated rings. The molecule has 1 N–H and O–H groups in total. The van der Waals surface area contributed by atoms with Gasteiger partial charge in [-0.15, -0.1) is 0 Å². The van der Waals surface area contributed by atoms with E-state index >= 15 is 0 Å². The number of amides is 2. The van der Waals surface area contributed by atoms with Crippen molar-refractivity contribution in [1.82, 2.24) is 10.2 Å². The zero-order valence-corrected chi connectivity index (χ0v) is 19.6. The highest BCUT2D eigenvalue weighted by molar-refractivity contribution is 6.05. The van der Waals surface area contributed by atoms with Crippen LogP contribution in [0.1, 0.15) is 52.5 Å². The van der Waals surface area contributed by atoms with Crippen LogP contribution in [0.5, 0.6) is 0 Å². The molecule has 2 aliphatic heterocycles. The van der Waals surface area contributed by atoms with E-state index in [0.717, 1.165) is 5.56 Å². The molecule has 0 saturated carbocycles. The number of hydrogen-bond donors (Lipinski definition) is 1. The molecule has 0 aliphatic carbocycles. The van der Waals surface area contributed by atoms with Gasteiger partial charge in [0.2, 0.25) is 5.91 Å². The van der Waals surface area contributed by atoms with E-state index < -0.39 is 34.8 Å². The van der Waals surface area contributed by atoms with Crippen LogP contribution in [-0.4, -0.2) is 60.5 Å². The van der Waals surface area contributed by atoms with Crippen LogP contribution in [0.15, 0.2) is 30.3 Å². The predicted molar refractivity (Wildman–Crippen MR) is 118 cm³/mol. The van der Waals surface area contributed by atoms with Crippen molar-refractivity contribution in [3.8, 4) is 0 Å². The summed E-state index contributed by atoms with van der Waals surface area (Å²) in [6.07, 6.45) is 0.989.